The van der Waals surface area contributed by atoms with Crippen LogP contribution in [0.5, 0.6) is 0 Å². The van der Waals surface area contributed by atoms with E-state index in [1.54, 1.807) is 0 Å². The van der Waals surface area contributed by atoms with Crippen molar-refractivity contribution in [2.24, 2.45) is 0 Å². The lowest BCUT2D eigenvalue weighted by atomic mass is 10.2. The van der Waals surface area contributed by atoms with Crippen molar-refractivity contribution in [3.63, 3.8) is 0 Å². The molecule has 0 saturated carbocycles. The van der Waals surface area contributed by atoms with Crippen molar-refractivity contribution in [2.75, 3.05) is 13.1 Å². The maximum absolute atomic E-state index is 12.6. The van der Waals surface area contributed by atoms with Crippen molar-refractivity contribution in [3.8, 4) is 0 Å². The molecule has 0 aliphatic carbocycles. The molecule has 0 amide bonds. The van der Waals surface area contributed by atoms with E-state index in [1.165, 1.54) is 6.92 Å². The van der Waals surface area contributed by atoms with Gasteiger partial charge in [0.05, 0.1) is 10.6 Å². The first-order valence-electron chi connectivity index (χ1n) is 5.58. The number of benzene rings is 1. The van der Waals surface area contributed by atoms with Gasteiger partial charge in [0.15, 0.2) is 0 Å². The molecule has 0 bridgehead atoms. The SMILES string of the molecule is CCN(CC(=O)O)S(=O)(=O)c1cc(C(F)(F)F)ccc1Cl. The fourth-order valence-electron chi connectivity index (χ4n) is 1.53. The number of hydrogen-bond donors (Lipinski definition) is 1. The van der Waals surface area contributed by atoms with Crippen molar-refractivity contribution >= 4 is 27.6 Å². The second kappa shape index (κ2) is 6.20. The van der Waals surface area contributed by atoms with E-state index >= 15 is 0 Å². The summed E-state index contributed by atoms with van der Waals surface area (Å²) in [5, 5.41) is 8.25. The van der Waals surface area contributed by atoms with Crippen molar-refractivity contribution in [2.45, 2.75) is 18.0 Å². The molecule has 0 spiro atoms. The van der Waals surface area contributed by atoms with Gasteiger partial charge in [0, 0.05) is 6.54 Å². The van der Waals surface area contributed by atoms with E-state index in [-0.39, 0.29) is 6.54 Å². The topological polar surface area (TPSA) is 74.7 Å². The Kier molecular flexibility index (Phi) is 5.24. The Labute approximate surface area is 124 Å². The van der Waals surface area contributed by atoms with Gasteiger partial charge in [-0.2, -0.15) is 17.5 Å². The number of sulfonamides is 1. The normalized spacial score (nSPS) is 12.7. The standard InChI is InChI=1S/C11H11ClF3NO4S/c1-2-16(6-10(17)18)21(19,20)9-5-7(11(13,14)15)3-4-8(9)12/h3-5H,2,6H2,1H3,(H,17,18). The zero-order valence-corrected chi connectivity index (χ0v) is 12.3. The van der Waals surface area contributed by atoms with Crippen LogP contribution in [0.15, 0.2) is 23.1 Å². The molecular weight excluding hydrogens is 335 g/mol. The molecule has 118 valence electrons. The molecule has 1 aromatic rings. The zero-order chi connectivity index (χ0) is 16.4. The average Bonchev–Trinajstić information content (AvgIpc) is 2.34. The third-order valence-corrected chi connectivity index (χ3v) is 4.94. The summed E-state index contributed by atoms with van der Waals surface area (Å²) in [7, 11) is -4.44. The molecular formula is C11H11ClF3NO4S. The number of carboxylic acids is 1. The van der Waals surface area contributed by atoms with Crippen molar-refractivity contribution in [1.82, 2.24) is 4.31 Å². The summed E-state index contributed by atoms with van der Waals surface area (Å²) in [5.74, 6) is -1.43. The average molecular weight is 346 g/mol. The Morgan fingerprint density at radius 3 is 2.38 bits per heavy atom. The fraction of sp³-hybridized carbons (Fsp3) is 0.364. The van der Waals surface area contributed by atoms with Gasteiger partial charge in [0.2, 0.25) is 10.0 Å². The molecule has 0 heterocycles. The van der Waals surface area contributed by atoms with Gasteiger partial charge in [-0.3, -0.25) is 4.79 Å². The molecule has 21 heavy (non-hydrogen) atoms. The van der Waals surface area contributed by atoms with E-state index in [4.69, 9.17) is 16.7 Å². The van der Waals surface area contributed by atoms with Crippen LogP contribution in [0, 0.1) is 0 Å². The number of carbonyl (C=O) groups is 1. The molecule has 1 N–H and O–H groups in total. The first-order valence-corrected chi connectivity index (χ1v) is 7.40. The van der Waals surface area contributed by atoms with Gasteiger partial charge in [0.1, 0.15) is 11.4 Å². The number of rotatable bonds is 5. The maximum Gasteiger partial charge on any atom is 0.416 e. The molecule has 1 aromatic carbocycles. The van der Waals surface area contributed by atoms with Crippen LogP contribution in [0.1, 0.15) is 12.5 Å². The lowest BCUT2D eigenvalue weighted by Crippen LogP contribution is -2.35. The Balaban J connectivity index is 3.39. The quantitative estimate of drug-likeness (QED) is 0.889. The second-order valence-corrected chi connectivity index (χ2v) is 6.28. The Bertz CT molecular complexity index is 645. The van der Waals surface area contributed by atoms with Crippen LogP contribution in [-0.4, -0.2) is 36.9 Å². The van der Waals surface area contributed by atoms with Gasteiger partial charge < -0.3 is 5.11 Å². The molecule has 0 aliphatic heterocycles. The maximum atomic E-state index is 12.6. The highest BCUT2D eigenvalue weighted by atomic mass is 35.5. The lowest BCUT2D eigenvalue weighted by molar-refractivity contribution is -0.138. The van der Waals surface area contributed by atoms with Crippen LogP contribution >= 0.6 is 11.6 Å². The minimum absolute atomic E-state index is 0.221. The van der Waals surface area contributed by atoms with Crippen LogP contribution in [0.25, 0.3) is 0 Å². The minimum atomic E-state index is -4.74. The van der Waals surface area contributed by atoms with E-state index in [9.17, 15) is 26.4 Å². The van der Waals surface area contributed by atoms with Gasteiger partial charge in [-0.15, -0.1) is 0 Å². The largest absolute Gasteiger partial charge is 0.480 e. The van der Waals surface area contributed by atoms with Crippen LogP contribution < -0.4 is 0 Å². The third-order valence-electron chi connectivity index (χ3n) is 2.54. The Morgan fingerprint density at radius 2 is 1.95 bits per heavy atom. The van der Waals surface area contributed by atoms with Crippen molar-refractivity contribution in [3.05, 3.63) is 28.8 Å². The number of nitrogens with zero attached hydrogens (tertiary/aromatic N) is 1. The molecule has 0 saturated heterocycles. The lowest BCUT2D eigenvalue weighted by Gasteiger charge is -2.20. The predicted octanol–water partition coefficient (Wildman–Crippen LogP) is 2.45. The molecule has 0 atom stereocenters. The monoisotopic (exact) mass is 345 g/mol. The number of alkyl halides is 3. The van der Waals surface area contributed by atoms with Crippen LogP contribution in [0.3, 0.4) is 0 Å². The zero-order valence-electron chi connectivity index (χ0n) is 10.7. The van der Waals surface area contributed by atoms with E-state index < -0.39 is 44.2 Å². The third kappa shape index (κ3) is 4.08. The number of aliphatic carboxylic acids is 1. The molecule has 0 aromatic heterocycles. The van der Waals surface area contributed by atoms with Gasteiger partial charge in [-0.1, -0.05) is 18.5 Å². The smallest absolute Gasteiger partial charge is 0.416 e. The number of carboxylic acid groups (broad SMARTS) is 1. The summed E-state index contributed by atoms with van der Waals surface area (Å²) in [6.07, 6.45) is -4.74. The molecule has 0 unspecified atom stereocenters. The van der Waals surface area contributed by atoms with Gasteiger partial charge in [-0.25, -0.2) is 8.42 Å². The molecule has 10 heteroatoms. The highest BCUT2D eigenvalue weighted by Crippen LogP contribution is 2.34. The number of halogens is 4. The molecule has 1 rings (SSSR count). The predicted molar refractivity (Wildman–Crippen MR) is 68.5 cm³/mol. The summed E-state index contributed by atoms with van der Waals surface area (Å²) in [5.41, 5.74) is -1.18. The van der Waals surface area contributed by atoms with E-state index in [1.807, 2.05) is 0 Å². The van der Waals surface area contributed by atoms with E-state index in [0.29, 0.717) is 16.4 Å². The van der Waals surface area contributed by atoms with Crippen LogP contribution in [-0.2, 0) is 21.0 Å². The van der Waals surface area contributed by atoms with Gasteiger partial charge in [0.25, 0.3) is 0 Å². The minimum Gasteiger partial charge on any atom is -0.480 e. The number of likely N-dealkylation sites (N-methyl/N-ethyl adjacent to an activating group) is 1. The first kappa shape index (κ1) is 17.7. The summed E-state index contributed by atoms with van der Waals surface area (Å²) >= 11 is 5.65. The number of hydrogen-bond acceptors (Lipinski definition) is 3. The summed E-state index contributed by atoms with van der Waals surface area (Å²) in [4.78, 5) is 9.86. The summed E-state index contributed by atoms with van der Waals surface area (Å²) in [6.45, 7) is 0.272. The fourth-order valence-corrected chi connectivity index (χ4v) is 3.43. The van der Waals surface area contributed by atoms with E-state index in [0.717, 1.165) is 6.07 Å². The Morgan fingerprint density at radius 1 is 1.38 bits per heavy atom. The van der Waals surface area contributed by atoms with Crippen LogP contribution in [0.2, 0.25) is 5.02 Å². The Hall–Kier alpha value is -1.32. The highest BCUT2D eigenvalue weighted by Gasteiger charge is 2.34. The molecule has 0 fully saturated rings. The second-order valence-electron chi connectivity index (χ2n) is 3.97. The molecule has 0 radical (unpaired) electrons. The highest BCUT2D eigenvalue weighted by molar-refractivity contribution is 7.89. The van der Waals surface area contributed by atoms with E-state index in [2.05, 4.69) is 0 Å². The summed E-state index contributed by atoms with van der Waals surface area (Å²) < 4.78 is 62.8. The summed E-state index contributed by atoms with van der Waals surface area (Å²) in [6, 6.07) is 1.85. The van der Waals surface area contributed by atoms with Gasteiger partial charge >= 0.3 is 12.1 Å². The van der Waals surface area contributed by atoms with Crippen molar-refractivity contribution in [1.29, 1.82) is 0 Å². The molecule has 5 nitrogen and oxygen atoms in total. The first-order chi connectivity index (χ1) is 9.50. The molecule has 0 aliphatic rings. The van der Waals surface area contributed by atoms with Crippen LogP contribution in [0.4, 0.5) is 13.2 Å². The van der Waals surface area contributed by atoms with Crippen molar-refractivity contribution < 1.29 is 31.5 Å². The van der Waals surface area contributed by atoms with Gasteiger partial charge in [-0.05, 0) is 18.2 Å².